The van der Waals surface area contributed by atoms with Gasteiger partial charge in [0.15, 0.2) is 0 Å². The van der Waals surface area contributed by atoms with Gasteiger partial charge in [0.2, 0.25) is 10.0 Å². The molecule has 0 saturated carbocycles. The Balaban J connectivity index is 1.38. The summed E-state index contributed by atoms with van der Waals surface area (Å²) >= 11 is 0. The molecule has 0 spiro atoms. The fraction of sp³-hybridized carbons (Fsp3) is 0.231. The second-order valence-corrected chi connectivity index (χ2v) is 12.6. The number of carbonyl (C=O) groups excluding carboxylic acids is 2. The molecule has 3 aromatic carbocycles. The molecule has 1 aliphatic rings. The number of aryl methyl sites for hydroxylation is 2. The minimum Gasteiger partial charge on any atom is -0.280 e. The lowest BCUT2D eigenvalue weighted by molar-refractivity contribution is 0.0846. The number of sulfonamides is 2. The molecule has 1 saturated heterocycles. The van der Waals surface area contributed by atoms with Crippen LogP contribution in [-0.4, -0.2) is 46.0 Å². The SMILES string of the molecule is Cc1ccc(C)c(S(=O)(=O)Nc2ccc(C(=O)NNC(=O)c3cccc(S(=O)(=O)N4CCCC4)c3)cc2)c1. The van der Waals surface area contributed by atoms with E-state index in [2.05, 4.69) is 15.6 Å². The molecule has 0 aromatic heterocycles. The van der Waals surface area contributed by atoms with Crippen molar-refractivity contribution in [2.45, 2.75) is 36.5 Å². The van der Waals surface area contributed by atoms with Crippen molar-refractivity contribution in [2.75, 3.05) is 17.8 Å². The third-order valence-electron chi connectivity index (χ3n) is 6.12. The van der Waals surface area contributed by atoms with Gasteiger partial charge in [0.1, 0.15) is 0 Å². The fourth-order valence-electron chi connectivity index (χ4n) is 4.03. The molecule has 0 radical (unpaired) electrons. The molecule has 4 rings (SSSR count). The molecule has 1 fully saturated rings. The third-order valence-corrected chi connectivity index (χ3v) is 9.54. The average molecular weight is 557 g/mol. The molecule has 0 unspecified atom stereocenters. The minimum atomic E-state index is -3.82. The molecular weight excluding hydrogens is 528 g/mol. The van der Waals surface area contributed by atoms with E-state index in [-0.39, 0.29) is 26.6 Å². The van der Waals surface area contributed by atoms with Gasteiger partial charge < -0.3 is 0 Å². The Morgan fingerprint density at radius 2 is 1.39 bits per heavy atom. The topological polar surface area (TPSA) is 142 Å². The highest BCUT2D eigenvalue weighted by Crippen LogP contribution is 2.22. The first-order valence-corrected chi connectivity index (χ1v) is 14.8. The van der Waals surface area contributed by atoms with E-state index in [0.29, 0.717) is 18.7 Å². The van der Waals surface area contributed by atoms with E-state index in [0.717, 1.165) is 18.4 Å². The van der Waals surface area contributed by atoms with Crippen LogP contribution in [0.1, 0.15) is 44.7 Å². The summed E-state index contributed by atoms with van der Waals surface area (Å²) in [6, 6.07) is 16.4. The van der Waals surface area contributed by atoms with Gasteiger partial charge in [-0.1, -0.05) is 18.2 Å². The van der Waals surface area contributed by atoms with Crippen LogP contribution in [-0.2, 0) is 20.0 Å². The van der Waals surface area contributed by atoms with E-state index in [1.165, 1.54) is 52.8 Å². The maximum absolute atomic E-state index is 12.8. The largest absolute Gasteiger partial charge is 0.280 e. The van der Waals surface area contributed by atoms with Crippen molar-refractivity contribution in [3.8, 4) is 0 Å². The number of benzene rings is 3. The lowest BCUT2D eigenvalue weighted by Crippen LogP contribution is -2.41. The number of nitrogens with zero attached hydrogens (tertiary/aromatic N) is 1. The number of rotatable bonds is 7. The number of nitrogens with one attached hydrogen (secondary N) is 3. The van der Waals surface area contributed by atoms with E-state index < -0.39 is 31.9 Å². The molecule has 2 amide bonds. The molecule has 0 bridgehead atoms. The number of hydrogen-bond donors (Lipinski definition) is 3. The molecule has 1 aliphatic heterocycles. The molecule has 0 atom stereocenters. The lowest BCUT2D eigenvalue weighted by atomic mass is 10.2. The molecule has 10 nitrogen and oxygen atoms in total. The van der Waals surface area contributed by atoms with E-state index in [4.69, 9.17) is 0 Å². The quantitative estimate of drug-likeness (QED) is 0.382. The van der Waals surface area contributed by atoms with Crippen molar-refractivity contribution in [3.63, 3.8) is 0 Å². The van der Waals surface area contributed by atoms with Crippen molar-refractivity contribution in [3.05, 3.63) is 89.0 Å². The summed E-state index contributed by atoms with van der Waals surface area (Å²) in [7, 11) is -7.52. The predicted molar refractivity (Wildman–Crippen MR) is 143 cm³/mol. The van der Waals surface area contributed by atoms with Crippen molar-refractivity contribution in [1.82, 2.24) is 15.2 Å². The Morgan fingerprint density at radius 1 is 0.763 bits per heavy atom. The van der Waals surface area contributed by atoms with Crippen LogP contribution < -0.4 is 15.6 Å². The zero-order chi connectivity index (χ0) is 27.5. The van der Waals surface area contributed by atoms with Crippen LogP contribution >= 0.6 is 0 Å². The summed E-state index contributed by atoms with van der Waals surface area (Å²) in [5, 5.41) is 0. The van der Waals surface area contributed by atoms with Crippen LogP contribution in [0.2, 0.25) is 0 Å². The lowest BCUT2D eigenvalue weighted by Gasteiger charge is -2.16. The monoisotopic (exact) mass is 556 g/mol. The van der Waals surface area contributed by atoms with Gasteiger partial charge in [-0.15, -0.1) is 0 Å². The van der Waals surface area contributed by atoms with E-state index >= 15 is 0 Å². The predicted octanol–water partition coefficient (Wildman–Crippen LogP) is 2.96. The Bertz CT molecular complexity index is 1580. The van der Waals surface area contributed by atoms with Crippen LogP contribution in [0.5, 0.6) is 0 Å². The highest BCUT2D eigenvalue weighted by atomic mass is 32.2. The summed E-state index contributed by atoms with van der Waals surface area (Å²) < 4.78 is 55.0. The summed E-state index contributed by atoms with van der Waals surface area (Å²) in [6.45, 7) is 4.40. The zero-order valence-corrected chi connectivity index (χ0v) is 22.5. The Hall–Kier alpha value is -3.74. The molecular formula is C26H28N4O6S2. The zero-order valence-electron chi connectivity index (χ0n) is 20.9. The molecule has 12 heteroatoms. The Labute approximate surface area is 222 Å². The molecule has 0 aliphatic carbocycles. The summed E-state index contributed by atoms with van der Waals surface area (Å²) in [5.74, 6) is -1.32. The first-order valence-electron chi connectivity index (χ1n) is 11.9. The summed E-state index contributed by atoms with van der Waals surface area (Å²) in [5.41, 5.74) is 6.48. The van der Waals surface area contributed by atoms with Crippen molar-refractivity contribution < 1.29 is 26.4 Å². The maximum atomic E-state index is 12.8. The van der Waals surface area contributed by atoms with Gasteiger partial charge in [0, 0.05) is 29.9 Å². The summed E-state index contributed by atoms with van der Waals surface area (Å²) in [4.78, 5) is 25.3. The molecule has 3 aromatic rings. The molecule has 38 heavy (non-hydrogen) atoms. The van der Waals surface area contributed by atoms with Gasteiger partial charge in [0.05, 0.1) is 9.79 Å². The van der Waals surface area contributed by atoms with Gasteiger partial charge in [-0.25, -0.2) is 16.8 Å². The molecule has 200 valence electrons. The first kappa shape index (κ1) is 27.3. The number of carbonyl (C=O) groups is 2. The number of hydrogen-bond acceptors (Lipinski definition) is 6. The van der Waals surface area contributed by atoms with Gasteiger partial charge in [0.25, 0.3) is 21.8 Å². The van der Waals surface area contributed by atoms with Gasteiger partial charge in [-0.05, 0) is 86.3 Å². The van der Waals surface area contributed by atoms with E-state index in [9.17, 15) is 26.4 Å². The Morgan fingerprint density at radius 3 is 2.05 bits per heavy atom. The maximum Gasteiger partial charge on any atom is 0.269 e. The highest BCUT2D eigenvalue weighted by molar-refractivity contribution is 7.92. The molecule has 1 heterocycles. The third kappa shape index (κ3) is 6.04. The minimum absolute atomic E-state index is 0.0114. The van der Waals surface area contributed by atoms with Crippen molar-refractivity contribution in [2.24, 2.45) is 0 Å². The van der Waals surface area contributed by atoms with Gasteiger partial charge in [-0.3, -0.25) is 25.2 Å². The van der Waals surface area contributed by atoms with Crippen LogP contribution in [0.3, 0.4) is 0 Å². The normalized spacial score (nSPS) is 14.2. The summed E-state index contributed by atoms with van der Waals surface area (Å²) in [6.07, 6.45) is 1.59. The van der Waals surface area contributed by atoms with E-state index in [1.54, 1.807) is 26.0 Å². The second kappa shape index (κ2) is 10.9. The fourth-order valence-corrected chi connectivity index (χ4v) is 6.98. The van der Waals surface area contributed by atoms with Crippen LogP contribution in [0.15, 0.2) is 76.5 Å². The number of hydrazine groups is 1. The smallest absolute Gasteiger partial charge is 0.269 e. The van der Waals surface area contributed by atoms with Crippen LogP contribution in [0, 0.1) is 13.8 Å². The Kier molecular flexibility index (Phi) is 7.86. The van der Waals surface area contributed by atoms with E-state index in [1.807, 2.05) is 6.07 Å². The standard InChI is InChI=1S/C26H28N4O6S2/c1-18-8-9-19(2)24(16-18)37(33,34)29-22-12-10-20(11-13-22)25(31)27-28-26(32)21-6-5-7-23(17-21)38(35,36)30-14-3-4-15-30/h5-13,16-17,29H,3-4,14-15H2,1-2H3,(H,27,31)(H,28,32). The van der Waals surface area contributed by atoms with Gasteiger partial charge >= 0.3 is 0 Å². The van der Waals surface area contributed by atoms with Gasteiger partial charge in [-0.2, -0.15) is 4.31 Å². The van der Waals surface area contributed by atoms with Crippen molar-refractivity contribution >= 4 is 37.5 Å². The molecule has 3 N–H and O–H groups in total. The average Bonchev–Trinajstić information content (AvgIpc) is 3.45. The second-order valence-electron chi connectivity index (χ2n) is 9.00. The van der Waals surface area contributed by atoms with Crippen LogP contribution in [0.4, 0.5) is 5.69 Å². The van der Waals surface area contributed by atoms with Crippen LogP contribution in [0.25, 0.3) is 0 Å². The first-order chi connectivity index (χ1) is 18.0. The van der Waals surface area contributed by atoms with Crippen molar-refractivity contribution in [1.29, 1.82) is 0 Å². The number of amides is 2. The highest BCUT2D eigenvalue weighted by Gasteiger charge is 2.27. The number of anilines is 1.